The zero-order valence-corrected chi connectivity index (χ0v) is 17.4. The largest absolute Gasteiger partial charge is 0.294 e. The van der Waals surface area contributed by atoms with Gasteiger partial charge in [0.05, 0.1) is 5.69 Å². The first-order chi connectivity index (χ1) is 14.6. The zero-order valence-electron chi connectivity index (χ0n) is 17.4. The minimum Gasteiger partial charge on any atom is -0.294 e. The van der Waals surface area contributed by atoms with Gasteiger partial charge in [-0.2, -0.15) is 0 Å². The Morgan fingerprint density at radius 2 is 1.63 bits per heavy atom. The molecule has 3 aromatic carbocycles. The minimum atomic E-state index is -0.173. The molecule has 3 heteroatoms. The predicted molar refractivity (Wildman–Crippen MR) is 121 cm³/mol. The number of aryl methyl sites for hydroxylation is 1. The van der Waals surface area contributed by atoms with Gasteiger partial charge in [0.2, 0.25) is 5.91 Å². The van der Waals surface area contributed by atoms with Gasteiger partial charge < -0.3 is 0 Å². The smallest absolute Gasteiger partial charge is 0.232 e. The molecule has 0 saturated carbocycles. The van der Waals surface area contributed by atoms with Crippen molar-refractivity contribution in [1.82, 2.24) is 0 Å². The first-order valence-corrected chi connectivity index (χ1v) is 10.7. The third-order valence-electron chi connectivity index (χ3n) is 6.69. The molecule has 30 heavy (non-hydrogen) atoms. The number of nitrogens with zero attached hydrogens (tertiary/aromatic N) is 1. The molecule has 0 radical (unpaired) electrons. The number of carbonyl (C=O) groups is 2. The molecule has 3 aromatic rings. The van der Waals surface area contributed by atoms with Crippen molar-refractivity contribution >= 4 is 28.2 Å². The molecule has 3 nitrogen and oxygen atoms in total. The lowest BCUT2D eigenvalue weighted by molar-refractivity contribution is -0.119. The number of carbonyl (C=O) groups excluding carboxylic acids is 2. The minimum absolute atomic E-state index is 0.0788. The molecular formula is C27H25NO2. The maximum Gasteiger partial charge on any atom is 0.232 e. The molecule has 2 aliphatic rings. The van der Waals surface area contributed by atoms with Crippen LogP contribution in [0.1, 0.15) is 48.3 Å². The molecule has 1 unspecified atom stereocenters. The molecule has 0 bridgehead atoms. The highest BCUT2D eigenvalue weighted by Gasteiger charge is 2.40. The van der Waals surface area contributed by atoms with Crippen molar-refractivity contribution in [2.24, 2.45) is 0 Å². The van der Waals surface area contributed by atoms with Gasteiger partial charge in [-0.3, -0.25) is 14.5 Å². The van der Waals surface area contributed by atoms with Crippen molar-refractivity contribution in [2.75, 3.05) is 4.90 Å². The molecule has 1 heterocycles. The molecule has 0 spiro atoms. The lowest BCUT2D eigenvalue weighted by atomic mass is 9.76. The highest BCUT2D eigenvalue weighted by atomic mass is 16.2. The Kier molecular flexibility index (Phi) is 4.54. The van der Waals surface area contributed by atoms with E-state index in [-0.39, 0.29) is 17.6 Å². The molecule has 1 aliphatic heterocycles. The van der Waals surface area contributed by atoms with Crippen LogP contribution in [-0.2, 0) is 9.59 Å². The summed E-state index contributed by atoms with van der Waals surface area (Å²) in [5.41, 5.74) is 6.01. The Hall–Kier alpha value is -3.20. The van der Waals surface area contributed by atoms with Gasteiger partial charge in [0.15, 0.2) is 5.78 Å². The van der Waals surface area contributed by atoms with Crippen LogP contribution in [0.25, 0.3) is 10.8 Å². The fourth-order valence-corrected chi connectivity index (χ4v) is 5.07. The Bertz CT molecular complexity index is 1220. The molecule has 1 amide bonds. The summed E-state index contributed by atoms with van der Waals surface area (Å²) in [5, 5.41) is 2.27. The van der Waals surface area contributed by atoms with Crippen molar-refractivity contribution < 1.29 is 9.59 Å². The number of ketones is 1. The standard InChI is InChI=1S/C27H25NO2/c1-17-8-5-13-23(18(17)2)28-24-14-7-15-25(29)27(24)22(16-26(28)30)21-12-6-10-19-9-3-4-11-20(19)21/h3-6,8-13,22H,7,14-16H2,1-2H3. The fraction of sp³-hybridized carbons (Fsp3) is 0.259. The van der Waals surface area contributed by atoms with Crippen LogP contribution in [0.3, 0.4) is 0 Å². The summed E-state index contributed by atoms with van der Waals surface area (Å²) in [6.07, 6.45) is 2.46. The maximum atomic E-state index is 13.5. The number of benzene rings is 3. The topological polar surface area (TPSA) is 37.4 Å². The second-order valence-electron chi connectivity index (χ2n) is 8.41. The summed E-state index contributed by atoms with van der Waals surface area (Å²) in [6.45, 7) is 4.12. The highest BCUT2D eigenvalue weighted by Crippen LogP contribution is 2.45. The van der Waals surface area contributed by atoms with Crippen LogP contribution in [-0.4, -0.2) is 11.7 Å². The summed E-state index contributed by atoms with van der Waals surface area (Å²) in [5.74, 6) is 0.0971. The van der Waals surface area contributed by atoms with Crippen LogP contribution < -0.4 is 4.90 Å². The predicted octanol–water partition coefficient (Wildman–Crippen LogP) is 5.98. The van der Waals surface area contributed by atoms with E-state index in [2.05, 4.69) is 44.2 Å². The Labute approximate surface area is 177 Å². The van der Waals surface area contributed by atoms with E-state index in [4.69, 9.17) is 0 Å². The third-order valence-corrected chi connectivity index (χ3v) is 6.69. The van der Waals surface area contributed by atoms with Crippen molar-refractivity contribution in [1.29, 1.82) is 0 Å². The number of hydrogen-bond acceptors (Lipinski definition) is 2. The van der Waals surface area contributed by atoms with Gasteiger partial charge in [0, 0.05) is 30.0 Å². The highest BCUT2D eigenvalue weighted by molar-refractivity contribution is 6.08. The molecule has 1 aliphatic carbocycles. The van der Waals surface area contributed by atoms with Gasteiger partial charge in [-0.05, 0) is 60.2 Å². The van der Waals surface area contributed by atoms with E-state index in [1.54, 1.807) is 0 Å². The van der Waals surface area contributed by atoms with Gasteiger partial charge in [0.25, 0.3) is 0 Å². The number of anilines is 1. The molecule has 1 atom stereocenters. The van der Waals surface area contributed by atoms with Gasteiger partial charge in [-0.25, -0.2) is 0 Å². The number of amides is 1. The molecule has 0 N–H and O–H groups in total. The molecule has 5 rings (SSSR count). The number of fused-ring (bicyclic) bond motifs is 1. The molecular weight excluding hydrogens is 370 g/mol. The van der Waals surface area contributed by atoms with Crippen LogP contribution >= 0.6 is 0 Å². The van der Waals surface area contributed by atoms with Gasteiger partial charge in [-0.1, -0.05) is 54.6 Å². The summed E-state index contributed by atoms with van der Waals surface area (Å²) < 4.78 is 0. The second-order valence-corrected chi connectivity index (χ2v) is 8.41. The van der Waals surface area contributed by atoms with Crippen molar-refractivity contribution in [3.8, 4) is 0 Å². The summed E-state index contributed by atoms with van der Waals surface area (Å²) >= 11 is 0. The summed E-state index contributed by atoms with van der Waals surface area (Å²) in [7, 11) is 0. The van der Waals surface area contributed by atoms with E-state index in [0.717, 1.165) is 57.3 Å². The van der Waals surface area contributed by atoms with Crippen LogP contribution in [0.4, 0.5) is 5.69 Å². The van der Waals surface area contributed by atoms with E-state index in [1.807, 2.05) is 35.2 Å². The Morgan fingerprint density at radius 3 is 2.50 bits per heavy atom. The van der Waals surface area contributed by atoms with E-state index in [9.17, 15) is 9.59 Å². The van der Waals surface area contributed by atoms with Crippen molar-refractivity contribution in [2.45, 2.75) is 45.4 Å². The number of rotatable bonds is 2. The average molecular weight is 396 g/mol. The third kappa shape index (κ3) is 2.88. The number of hydrogen-bond donors (Lipinski definition) is 0. The van der Waals surface area contributed by atoms with Crippen LogP contribution in [0, 0.1) is 13.8 Å². The SMILES string of the molecule is Cc1cccc(N2C(=O)CC(c3cccc4ccccc34)C3=C2CCCC3=O)c1C. The molecule has 0 aromatic heterocycles. The average Bonchev–Trinajstić information content (AvgIpc) is 2.75. The maximum absolute atomic E-state index is 13.5. The quantitative estimate of drug-likeness (QED) is 0.535. The van der Waals surface area contributed by atoms with E-state index in [0.29, 0.717) is 12.8 Å². The van der Waals surface area contributed by atoms with Crippen molar-refractivity contribution in [3.63, 3.8) is 0 Å². The van der Waals surface area contributed by atoms with Crippen LogP contribution in [0.15, 0.2) is 71.9 Å². The second kappa shape index (κ2) is 7.24. The summed E-state index contributed by atoms with van der Waals surface area (Å²) in [6, 6.07) is 20.5. The normalized spacial score (nSPS) is 19.4. The van der Waals surface area contributed by atoms with Gasteiger partial charge >= 0.3 is 0 Å². The number of Topliss-reactive ketones (excluding diaryl/α,β-unsaturated/α-hetero) is 1. The summed E-state index contributed by atoms with van der Waals surface area (Å²) in [4.78, 5) is 28.6. The fourth-order valence-electron chi connectivity index (χ4n) is 5.07. The van der Waals surface area contributed by atoms with Crippen molar-refractivity contribution in [3.05, 3.63) is 88.6 Å². The van der Waals surface area contributed by atoms with Gasteiger partial charge in [0.1, 0.15) is 0 Å². The first kappa shape index (κ1) is 18.8. The van der Waals surface area contributed by atoms with Gasteiger partial charge in [-0.15, -0.1) is 0 Å². The monoisotopic (exact) mass is 395 g/mol. The molecule has 150 valence electrons. The van der Waals surface area contributed by atoms with Crippen LogP contribution in [0.2, 0.25) is 0 Å². The molecule has 0 saturated heterocycles. The lowest BCUT2D eigenvalue weighted by Gasteiger charge is -2.39. The zero-order chi connectivity index (χ0) is 20.8. The van der Waals surface area contributed by atoms with Crippen LogP contribution in [0.5, 0.6) is 0 Å². The number of allylic oxidation sites excluding steroid dienone is 2. The lowest BCUT2D eigenvalue weighted by Crippen LogP contribution is -2.41. The van der Waals surface area contributed by atoms with E-state index in [1.165, 1.54) is 0 Å². The molecule has 0 fully saturated rings. The van der Waals surface area contributed by atoms with E-state index >= 15 is 0 Å². The first-order valence-electron chi connectivity index (χ1n) is 10.7. The Balaban J connectivity index is 1.73. The van der Waals surface area contributed by atoms with E-state index < -0.39 is 0 Å². The Morgan fingerprint density at radius 1 is 0.867 bits per heavy atom.